The molecule has 0 atom stereocenters. The highest BCUT2D eigenvalue weighted by Gasteiger charge is 2.10. The Morgan fingerprint density at radius 3 is 2.25 bits per heavy atom. The van der Waals surface area contributed by atoms with Crippen LogP contribution in [0.15, 0.2) is 42.6 Å². The van der Waals surface area contributed by atoms with Gasteiger partial charge in [0.1, 0.15) is 17.3 Å². The topological polar surface area (TPSA) is 62.7 Å². The first kappa shape index (κ1) is 15.8. The van der Waals surface area contributed by atoms with E-state index in [1.54, 1.807) is 0 Å². The van der Waals surface area contributed by atoms with E-state index >= 15 is 0 Å². The molecule has 2 N–H and O–H groups in total. The third kappa shape index (κ3) is 3.62. The van der Waals surface area contributed by atoms with Gasteiger partial charge in [0.2, 0.25) is 5.95 Å². The molecule has 0 aliphatic rings. The lowest BCUT2D eigenvalue weighted by atomic mass is 10.1. The van der Waals surface area contributed by atoms with Crippen molar-refractivity contribution in [3.05, 3.63) is 65.4 Å². The van der Waals surface area contributed by atoms with E-state index in [1.807, 2.05) is 32.0 Å². The van der Waals surface area contributed by atoms with E-state index in [4.69, 9.17) is 0 Å². The summed E-state index contributed by atoms with van der Waals surface area (Å²) in [6, 6.07) is 9.54. The fourth-order valence-corrected chi connectivity index (χ4v) is 2.34. The monoisotopic (exact) mass is 327 g/mol. The van der Waals surface area contributed by atoms with Crippen molar-refractivity contribution in [3.8, 4) is 0 Å². The molecule has 3 rings (SSSR count). The third-order valence-corrected chi connectivity index (χ3v) is 3.25. The van der Waals surface area contributed by atoms with Gasteiger partial charge < -0.3 is 10.6 Å². The Bertz CT molecular complexity index is 842. The van der Waals surface area contributed by atoms with Crippen molar-refractivity contribution in [1.82, 2.24) is 15.2 Å². The maximum atomic E-state index is 13.7. The van der Waals surface area contributed by atoms with Crippen molar-refractivity contribution in [2.45, 2.75) is 13.8 Å². The lowest BCUT2D eigenvalue weighted by molar-refractivity contribution is 0.590. The van der Waals surface area contributed by atoms with Crippen LogP contribution in [0.4, 0.5) is 31.9 Å². The van der Waals surface area contributed by atoms with Crippen LogP contribution in [0, 0.1) is 25.5 Å². The zero-order valence-electron chi connectivity index (χ0n) is 13.1. The number of rotatable bonds is 4. The fraction of sp³-hybridized carbons (Fsp3) is 0.118. The van der Waals surface area contributed by atoms with Crippen LogP contribution in [0.3, 0.4) is 0 Å². The molecule has 1 heterocycles. The van der Waals surface area contributed by atoms with E-state index in [1.165, 1.54) is 12.3 Å². The predicted molar refractivity (Wildman–Crippen MR) is 88.7 cm³/mol. The maximum Gasteiger partial charge on any atom is 0.249 e. The normalized spacial score (nSPS) is 10.5. The zero-order chi connectivity index (χ0) is 17.1. The average Bonchev–Trinajstić information content (AvgIpc) is 2.50. The van der Waals surface area contributed by atoms with Gasteiger partial charge >= 0.3 is 0 Å². The molecule has 0 fully saturated rings. The average molecular weight is 327 g/mol. The summed E-state index contributed by atoms with van der Waals surface area (Å²) >= 11 is 0. The number of hydrogen-bond donors (Lipinski definition) is 2. The molecule has 0 unspecified atom stereocenters. The molecule has 1 aromatic heterocycles. The Kier molecular flexibility index (Phi) is 4.33. The van der Waals surface area contributed by atoms with Gasteiger partial charge in [0.05, 0.1) is 6.20 Å². The Morgan fingerprint density at radius 1 is 0.917 bits per heavy atom. The molecule has 0 aliphatic heterocycles. The van der Waals surface area contributed by atoms with E-state index in [9.17, 15) is 8.78 Å². The maximum absolute atomic E-state index is 13.7. The highest BCUT2D eigenvalue weighted by atomic mass is 19.1. The Balaban J connectivity index is 1.84. The molecule has 7 heteroatoms. The van der Waals surface area contributed by atoms with Crippen LogP contribution in [-0.2, 0) is 0 Å². The number of nitrogens with zero attached hydrogens (tertiary/aromatic N) is 3. The largest absolute Gasteiger partial charge is 0.334 e. The van der Waals surface area contributed by atoms with Crippen LogP contribution < -0.4 is 10.6 Å². The van der Waals surface area contributed by atoms with Crippen LogP contribution in [0.25, 0.3) is 0 Å². The minimum absolute atomic E-state index is 0.181. The first-order valence-corrected chi connectivity index (χ1v) is 7.27. The van der Waals surface area contributed by atoms with Crippen LogP contribution in [0.2, 0.25) is 0 Å². The summed E-state index contributed by atoms with van der Waals surface area (Å²) in [7, 11) is 0. The Hall–Kier alpha value is -3.09. The summed E-state index contributed by atoms with van der Waals surface area (Å²) in [6.07, 6.45) is 1.29. The van der Waals surface area contributed by atoms with E-state index in [2.05, 4.69) is 25.8 Å². The van der Waals surface area contributed by atoms with E-state index < -0.39 is 11.6 Å². The van der Waals surface area contributed by atoms with Crippen molar-refractivity contribution in [1.29, 1.82) is 0 Å². The number of aromatic nitrogens is 3. The van der Waals surface area contributed by atoms with Crippen molar-refractivity contribution in [2.75, 3.05) is 10.6 Å². The minimum atomic E-state index is -0.711. The Labute approximate surface area is 137 Å². The Morgan fingerprint density at radius 2 is 1.58 bits per heavy atom. The van der Waals surface area contributed by atoms with Gasteiger partial charge in [-0.2, -0.15) is 10.1 Å². The highest BCUT2D eigenvalue weighted by molar-refractivity contribution is 5.60. The van der Waals surface area contributed by atoms with Gasteiger partial charge in [-0.05, 0) is 49.2 Å². The molecule has 0 saturated carbocycles. The number of hydrogen-bond acceptors (Lipinski definition) is 5. The standard InChI is InChI=1S/C17H15F2N5/c1-10-6-11(2)8-12(7-10)21-17-23-15(9-20-24-17)22-16-13(18)4-3-5-14(16)19/h3-9H,1-2H3,(H2,21,22,23,24). The molecule has 0 saturated heterocycles. The summed E-state index contributed by atoms with van der Waals surface area (Å²) in [5.74, 6) is -1.02. The summed E-state index contributed by atoms with van der Waals surface area (Å²) in [5, 5.41) is 13.3. The van der Waals surface area contributed by atoms with E-state index in [0.29, 0.717) is 0 Å². The second-order valence-corrected chi connectivity index (χ2v) is 5.39. The predicted octanol–water partition coefficient (Wildman–Crippen LogP) is 4.25. The van der Waals surface area contributed by atoms with Gasteiger partial charge in [-0.1, -0.05) is 12.1 Å². The smallest absolute Gasteiger partial charge is 0.249 e. The summed E-state index contributed by atoms with van der Waals surface area (Å²) in [6.45, 7) is 3.96. The number of halogens is 2. The lowest BCUT2D eigenvalue weighted by Crippen LogP contribution is -2.04. The summed E-state index contributed by atoms with van der Waals surface area (Å²) in [5.41, 5.74) is 2.71. The molecular weight excluding hydrogens is 312 g/mol. The second kappa shape index (κ2) is 6.57. The molecular formula is C17H15F2N5. The molecule has 0 amide bonds. The van der Waals surface area contributed by atoms with E-state index in [-0.39, 0.29) is 17.5 Å². The van der Waals surface area contributed by atoms with Crippen LogP contribution in [0.5, 0.6) is 0 Å². The molecule has 2 aromatic carbocycles. The van der Waals surface area contributed by atoms with Gasteiger partial charge in [0, 0.05) is 5.69 Å². The van der Waals surface area contributed by atoms with Crippen LogP contribution in [-0.4, -0.2) is 15.2 Å². The van der Waals surface area contributed by atoms with Crippen molar-refractivity contribution >= 4 is 23.1 Å². The number of benzene rings is 2. The third-order valence-electron chi connectivity index (χ3n) is 3.25. The lowest BCUT2D eigenvalue weighted by Gasteiger charge is -2.10. The molecule has 0 bridgehead atoms. The quantitative estimate of drug-likeness (QED) is 0.750. The molecule has 122 valence electrons. The van der Waals surface area contributed by atoms with Crippen molar-refractivity contribution in [3.63, 3.8) is 0 Å². The van der Waals surface area contributed by atoms with Crippen molar-refractivity contribution < 1.29 is 8.78 Å². The van der Waals surface area contributed by atoms with Gasteiger partial charge in [0.25, 0.3) is 0 Å². The highest BCUT2D eigenvalue weighted by Crippen LogP contribution is 2.23. The summed E-state index contributed by atoms with van der Waals surface area (Å²) < 4.78 is 27.4. The molecule has 0 aliphatic carbocycles. The molecule has 5 nitrogen and oxygen atoms in total. The van der Waals surface area contributed by atoms with Crippen molar-refractivity contribution in [2.24, 2.45) is 0 Å². The molecule has 0 radical (unpaired) electrons. The number of nitrogens with one attached hydrogen (secondary N) is 2. The fourth-order valence-electron chi connectivity index (χ4n) is 2.34. The summed E-state index contributed by atoms with van der Waals surface area (Å²) in [4.78, 5) is 4.18. The van der Waals surface area contributed by atoms with Crippen LogP contribution in [0.1, 0.15) is 11.1 Å². The zero-order valence-corrected chi connectivity index (χ0v) is 13.1. The van der Waals surface area contributed by atoms with Gasteiger partial charge in [-0.15, -0.1) is 5.10 Å². The van der Waals surface area contributed by atoms with E-state index in [0.717, 1.165) is 28.9 Å². The van der Waals surface area contributed by atoms with Gasteiger partial charge in [-0.25, -0.2) is 8.78 Å². The first-order chi connectivity index (χ1) is 11.5. The first-order valence-electron chi connectivity index (χ1n) is 7.27. The van der Waals surface area contributed by atoms with Gasteiger partial charge in [-0.3, -0.25) is 0 Å². The SMILES string of the molecule is Cc1cc(C)cc(Nc2nncc(Nc3c(F)cccc3F)n2)c1. The number of para-hydroxylation sites is 1. The number of anilines is 4. The van der Waals surface area contributed by atoms with Gasteiger partial charge in [0.15, 0.2) is 5.82 Å². The van der Waals surface area contributed by atoms with Crippen LogP contribution >= 0.6 is 0 Å². The molecule has 0 spiro atoms. The second-order valence-electron chi connectivity index (χ2n) is 5.39. The minimum Gasteiger partial charge on any atom is -0.334 e. The number of aryl methyl sites for hydroxylation is 2. The molecule has 3 aromatic rings. The molecule has 24 heavy (non-hydrogen) atoms.